The minimum atomic E-state index is -3.78. The van der Waals surface area contributed by atoms with E-state index in [0.717, 1.165) is 21.7 Å². The predicted molar refractivity (Wildman–Crippen MR) is 142 cm³/mol. The monoisotopic (exact) mass is 521 g/mol. The van der Waals surface area contributed by atoms with Gasteiger partial charge in [-0.2, -0.15) is 0 Å². The van der Waals surface area contributed by atoms with Crippen molar-refractivity contribution in [2.75, 3.05) is 23.7 Å². The Morgan fingerprint density at radius 1 is 1.09 bits per heavy atom. The molecule has 35 heavy (non-hydrogen) atoms. The molecule has 9 heteroatoms. The lowest BCUT2D eigenvalue weighted by Gasteiger charge is -2.33. The van der Waals surface area contributed by atoms with Crippen LogP contribution in [0.3, 0.4) is 0 Å². The number of hydrogen-bond acceptors (Lipinski definition) is 4. The fraction of sp³-hybridized carbons (Fsp3) is 0.462. The van der Waals surface area contributed by atoms with E-state index in [9.17, 15) is 18.0 Å². The first-order chi connectivity index (χ1) is 16.3. The molecular weight excluding hydrogens is 486 g/mol. The second kappa shape index (κ2) is 12.4. The van der Waals surface area contributed by atoms with Gasteiger partial charge in [-0.15, -0.1) is 0 Å². The van der Waals surface area contributed by atoms with Gasteiger partial charge in [-0.1, -0.05) is 68.3 Å². The molecule has 0 aliphatic heterocycles. The molecule has 192 valence electrons. The summed E-state index contributed by atoms with van der Waals surface area (Å²) in [4.78, 5) is 28.2. The molecule has 2 aromatic rings. The van der Waals surface area contributed by atoms with Gasteiger partial charge < -0.3 is 10.2 Å². The van der Waals surface area contributed by atoms with E-state index >= 15 is 0 Å². The summed E-state index contributed by atoms with van der Waals surface area (Å²) in [5.74, 6) is -0.518. The Morgan fingerprint density at radius 2 is 1.74 bits per heavy atom. The number of carbonyl (C=O) groups is 2. The van der Waals surface area contributed by atoms with Crippen molar-refractivity contribution in [3.8, 4) is 0 Å². The molecule has 2 amide bonds. The quantitative estimate of drug-likeness (QED) is 0.477. The Hall–Kier alpha value is -2.58. The van der Waals surface area contributed by atoms with Gasteiger partial charge in [0.15, 0.2) is 0 Å². The molecular formula is C26H36ClN3O4S. The van der Waals surface area contributed by atoms with Crippen LogP contribution in [0.15, 0.2) is 42.5 Å². The van der Waals surface area contributed by atoms with E-state index in [1.54, 1.807) is 37.3 Å². The van der Waals surface area contributed by atoms with Crippen molar-refractivity contribution in [1.29, 1.82) is 0 Å². The highest BCUT2D eigenvalue weighted by Gasteiger charge is 2.32. The van der Waals surface area contributed by atoms with Crippen molar-refractivity contribution in [3.63, 3.8) is 0 Å². The van der Waals surface area contributed by atoms with E-state index in [4.69, 9.17) is 11.6 Å². The molecule has 0 heterocycles. The summed E-state index contributed by atoms with van der Waals surface area (Å²) in [5, 5.41) is 3.37. The molecule has 0 aromatic heterocycles. The number of rotatable bonds is 11. The third kappa shape index (κ3) is 7.97. The first kappa shape index (κ1) is 28.7. The Kier molecular flexibility index (Phi) is 10.2. The zero-order valence-electron chi connectivity index (χ0n) is 21.3. The molecule has 1 N–H and O–H groups in total. The molecule has 0 saturated heterocycles. The summed E-state index contributed by atoms with van der Waals surface area (Å²) < 4.78 is 26.6. The summed E-state index contributed by atoms with van der Waals surface area (Å²) >= 11 is 6.37. The smallest absolute Gasteiger partial charge is 0.244 e. The number of carbonyl (C=O) groups excluding carboxylic acids is 2. The van der Waals surface area contributed by atoms with Crippen molar-refractivity contribution in [3.05, 3.63) is 64.2 Å². The first-order valence-electron chi connectivity index (χ1n) is 11.7. The Balaban J connectivity index is 2.47. The standard InChI is InChI=1S/C26H36ClN3O4S/c1-7-23(26(32)28-15-18(2)3)29(16-21-10-8-9-11-22(21)27)25(31)17-30(35(6,33)34)24-13-12-19(4)14-20(24)5/h8-14,18,23H,7,15-17H2,1-6H3,(H,28,32)/t23-/m1/s1. The molecule has 0 aliphatic carbocycles. The molecule has 2 aromatic carbocycles. The molecule has 0 fully saturated rings. The molecule has 2 rings (SSSR count). The lowest BCUT2D eigenvalue weighted by atomic mass is 10.1. The average molecular weight is 522 g/mol. The van der Waals surface area contributed by atoms with Gasteiger partial charge in [0.1, 0.15) is 12.6 Å². The Morgan fingerprint density at radius 3 is 2.29 bits per heavy atom. The number of nitrogens with zero attached hydrogens (tertiary/aromatic N) is 2. The van der Waals surface area contributed by atoms with Crippen LogP contribution in [0.2, 0.25) is 5.02 Å². The van der Waals surface area contributed by atoms with Gasteiger partial charge in [0, 0.05) is 18.1 Å². The van der Waals surface area contributed by atoms with Crippen molar-refractivity contribution in [2.45, 2.75) is 53.6 Å². The van der Waals surface area contributed by atoms with Gasteiger partial charge in [0.05, 0.1) is 11.9 Å². The third-order valence-corrected chi connectivity index (χ3v) is 7.16. The number of sulfonamides is 1. The van der Waals surface area contributed by atoms with Gasteiger partial charge in [0.25, 0.3) is 0 Å². The van der Waals surface area contributed by atoms with E-state index in [-0.39, 0.29) is 18.4 Å². The van der Waals surface area contributed by atoms with E-state index in [1.807, 2.05) is 39.8 Å². The summed E-state index contributed by atoms with van der Waals surface area (Å²) in [6, 6.07) is 11.7. The highest BCUT2D eigenvalue weighted by Crippen LogP contribution is 2.25. The van der Waals surface area contributed by atoms with Crippen LogP contribution >= 0.6 is 11.6 Å². The largest absolute Gasteiger partial charge is 0.354 e. The fourth-order valence-corrected chi connectivity index (χ4v) is 4.93. The number of hydrogen-bond donors (Lipinski definition) is 1. The summed E-state index contributed by atoms with van der Waals surface area (Å²) in [7, 11) is -3.78. The predicted octanol–water partition coefficient (Wildman–Crippen LogP) is 4.30. The van der Waals surface area contributed by atoms with E-state index < -0.39 is 28.5 Å². The van der Waals surface area contributed by atoms with Crippen molar-refractivity contribution < 1.29 is 18.0 Å². The molecule has 0 unspecified atom stereocenters. The van der Waals surface area contributed by atoms with Crippen LogP contribution in [0.4, 0.5) is 5.69 Å². The van der Waals surface area contributed by atoms with Gasteiger partial charge in [-0.3, -0.25) is 13.9 Å². The Bertz CT molecular complexity index is 1150. The van der Waals surface area contributed by atoms with Gasteiger partial charge in [-0.25, -0.2) is 8.42 Å². The van der Waals surface area contributed by atoms with Crippen LogP contribution in [0.1, 0.15) is 43.9 Å². The fourth-order valence-electron chi connectivity index (χ4n) is 3.83. The molecule has 7 nitrogen and oxygen atoms in total. The maximum Gasteiger partial charge on any atom is 0.244 e. The van der Waals surface area contributed by atoms with Crippen LogP contribution in [0, 0.1) is 19.8 Å². The highest BCUT2D eigenvalue weighted by atomic mass is 35.5. The summed E-state index contributed by atoms with van der Waals surface area (Å²) in [6.07, 6.45) is 1.44. The second-order valence-electron chi connectivity index (χ2n) is 9.24. The zero-order valence-corrected chi connectivity index (χ0v) is 22.9. The topological polar surface area (TPSA) is 86.8 Å². The SMILES string of the molecule is CC[C@H](C(=O)NCC(C)C)N(Cc1ccccc1Cl)C(=O)CN(c1ccc(C)cc1C)S(C)(=O)=O. The maximum atomic E-state index is 13.7. The summed E-state index contributed by atoms with van der Waals surface area (Å²) in [5.41, 5.74) is 2.83. The lowest BCUT2D eigenvalue weighted by molar-refractivity contribution is -0.140. The van der Waals surface area contributed by atoms with E-state index in [0.29, 0.717) is 29.2 Å². The number of halogens is 1. The van der Waals surface area contributed by atoms with Crippen LogP contribution in [0.5, 0.6) is 0 Å². The van der Waals surface area contributed by atoms with Crippen molar-refractivity contribution >= 4 is 39.1 Å². The van der Waals surface area contributed by atoms with Gasteiger partial charge >= 0.3 is 0 Å². The lowest BCUT2D eigenvalue weighted by Crippen LogP contribution is -2.52. The third-order valence-electron chi connectivity index (χ3n) is 5.67. The number of aryl methyl sites for hydroxylation is 2. The molecule has 1 atom stereocenters. The van der Waals surface area contributed by atoms with Crippen LogP contribution in [0.25, 0.3) is 0 Å². The Labute approximate surface area is 214 Å². The molecule has 0 radical (unpaired) electrons. The van der Waals surface area contributed by atoms with Gasteiger partial charge in [-0.05, 0) is 49.4 Å². The van der Waals surface area contributed by atoms with Crippen LogP contribution in [-0.2, 0) is 26.2 Å². The van der Waals surface area contributed by atoms with Gasteiger partial charge in [0.2, 0.25) is 21.8 Å². The maximum absolute atomic E-state index is 13.7. The number of nitrogens with one attached hydrogen (secondary N) is 1. The highest BCUT2D eigenvalue weighted by molar-refractivity contribution is 7.92. The number of amides is 2. The molecule has 0 aliphatic rings. The number of benzene rings is 2. The number of anilines is 1. The molecule has 0 bridgehead atoms. The van der Waals surface area contributed by atoms with Crippen molar-refractivity contribution in [2.24, 2.45) is 5.92 Å². The zero-order chi connectivity index (χ0) is 26.3. The van der Waals surface area contributed by atoms with Crippen LogP contribution in [-0.4, -0.2) is 50.5 Å². The van der Waals surface area contributed by atoms with E-state index in [1.165, 1.54) is 4.90 Å². The van der Waals surface area contributed by atoms with Crippen LogP contribution < -0.4 is 9.62 Å². The molecule has 0 saturated carbocycles. The first-order valence-corrected chi connectivity index (χ1v) is 13.9. The minimum absolute atomic E-state index is 0.0800. The average Bonchev–Trinajstić information content (AvgIpc) is 2.76. The van der Waals surface area contributed by atoms with Crippen molar-refractivity contribution in [1.82, 2.24) is 10.2 Å². The van der Waals surface area contributed by atoms with E-state index in [2.05, 4.69) is 5.32 Å². The second-order valence-corrected chi connectivity index (χ2v) is 11.5. The normalized spacial score (nSPS) is 12.3. The summed E-state index contributed by atoms with van der Waals surface area (Å²) in [6.45, 7) is 9.65. The molecule has 0 spiro atoms. The minimum Gasteiger partial charge on any atom is -0.354 e.